The molecule has 0 atom stereocenters. The number of pyridine rings is 1. The van der Waals surface area contributed by atoms with Crippen molar-refractivity contribution in [3.63, 3.8) is 0 Å². The van der Waals surface area contributed by atoms with Gasteiger partial charge in [0, 0.05) is 18.5 Å². The van der Waals surface area contributed by atoms with Crippen LogP contribution in [0.5, 0.6) is 0 Å². The summed E-state index contributed by atoms with van der Waals surface area (Å²) in [6.45, 7) is 3.22. The Labute approximate surface area is 154 Å². The predicted octanol–water partition coefficient (Wildman–Crippen LogP) is 3.51. The number of carbonyl (C=O) groups is 2. The van der Waals surface area contributed by atoms with E-state index in [2.05, 4.69) is 9.88 Å². The quantitative estimate of drug-likeness (QED) is 0.770. The fraction of sp³-hybridized carbons (Fsp3) is 0.316. The Kier molecular flexibility index (Phi) is 4.74. The lowest BCUT2D eigenvalue weighted by molar-refractivity contribution is -0.122. The summed E-state index contributed by atoms with van der Waals surface area (Å²) in [5.41, 5.74) is 1.22. The van der Waals surface area contributed by atoms with Crippen molar-refractivity contribution >= 4 is 39.9 Å². The van der Waals surface area contributed by atoms with Crippen molar-refractivity contribution in [2.75, 3.05) is 26.2 Å². The molecule has 0 radical (unpaired) electrons. The Bertz CT molecular complexity index is 909. The van der Waals surface area contributed by atoms with Crippen LogP contribution in [-0.4, -0.2) is 52.1 Å². The zero-order chi connectivity index (χ0) is 18.1. The topological polar surface area (TPSA) is 53.5 Å². The number of aromatic nitrogens is 1. The van der Waals surface area contributed by atoms with Gasteiger partial charge in [0.1, 0.15) is 5.82 Å². The van der Waals surface area contributed by atoms with Crippen LogP contribution in [0, 0.1) is 5.82 Å². The molecule has 1 aromatic carbocycles. The molecule has 26 heavy (non-hydrogen) atoms. The first kappa shape index (κ1) is 17.2. The van der Waals surface area contributed by atoms with Gasteiger partial charge in [0.25, 0.3) is 11.1 Å². The Morgan fingerprint density at radius 3 is 2.73 bits per heavy atom. The van der Waals surface area contributed by atoms with Gasteiger partial charge in [-0.2, -0.15) is 0 Å². The molecular formula is C19H18FN3O2S. The molecule has 0 saturated carbocycles. The zero-order valence-electron chi connectivity index (χ0n) is 14.2. The Morgan fingerprint density at radius 2 is 1.92 bits per heavy atom. The maximum Gasteiger partial charge on any atom is 0.293 e. The summed E-state index contributed by atoms with van der Waals surface area (Å²) < 4.78 is 13.3. The lowest BCUT2D eigenvalue weighted by Gasteiger charge is -2.18. The largest absolute Gasteiger partial charge is 0.302 e. The normalized spacial score (nSPS) is 20.0. The third kappa shape index (κ3) is 3.50. The van der Waals surface area contributed by atoms with E-state index in [1.807, 2.05) is 0 Å². The van der Waals surface area contributed by atoms with E-state index in [1.165, 1.54) is 29.9 Å². The van der Waals surface area contributed by atoms with Crippen molar-refractivity contribution < 1.29 is 14.0 Å². The number of thioether (sulfide) groups is 1. The van der Waals surface area contributed by atoms with E-state index < -0.39 is 0 Å². The van der Waals surface area contributed by atoms with Crippen LogP contribution in [0.2, 0.25) is 0 Å². The SMILES string of the molecule is O=C1S/C(=C/c2ccc3cc(F)ccc3n2)C(=O)N1CCN1CCCC1. The van der Waals surface area contributed by atoms with Gasteiger partial charge in [0.05, 0.1) is 16.1 Å². The number of hydrogen-bond acceptors (Lipinski definition) is 5. The minimum Gasteiger partial charge on any atom is -0.302 e. The fourth-order valence-electron chi connectivity index (χ4n) is 3.27. The number of nitrogens with zero attached hydrogens (tertiary/aromatic N) is 3. The van der Waals surface area contributed by atoms with E-state index in [4.69, 9.17) is 0 Å². The number of halogens is 1. The van der Waals surface area contributed by atoms with Crippen LogP contribution < -0.4 is 0 Å². The summed E-state index contributed by atoms with van der Waals surface area (Å²) in [5, 5.41) is 0.462. The standard InChI is InChI=1S/C19H18FN3O2S/c20-14-4-6-16-13(11-14)3-5-15(21-16)12-17-18(24)23(19(25)26-17)10-9-22-7-1-2-8-22/h3-6,11-12H,1-2,7-10H2/b17-12+. The average Bonchev–Trinajstić information content (AvgIpc) is 3.23. The Morgan fingerprint density at radius 1 is 1.12 bits per heavy atom. The van der Waals surface area contributed by atoms with Crippen molar-refractivity contribution in [1.82, 2.24) is 14.8 Å². The third-order valence-corrected chi connectivity index (χ3v) is 5.57. The van der Waals surface area contributed by atoms with Crippen LogP contribution in [0.25, 0.3) is 17.0 Å². The van der Waals surface area contributed by atoms with Gasteiger partial charge in [-0.15, -0.1) is 0 Å². The van der Waals surface area contributed by atoms with E-state index in [-0.39, 0.29) is 17.0 Å². The number of amides is 2. The maximum atomic E-state index is 13.3. The van der Waals surface area contributed by atoms with Crippen LogP contribution >= 0.6 is 11.8 Å². The van der Waals surface area contributed by atoms with Crippen LogP contribution in [0.1, 0.15) is 18.5 Å². The summed E-state index contributed by atoms with van der Waals surface area (Å²) in [7, 11) is 0. The summed E-state index contributed by atoms with van der Waals surface area (Å²) >= 11 is 0.947. The van der Waals surface area contributed by atoms with Gasteiger partial charge in [0.2, 0.25) is 0 Å². The smallest absolute Gasteiger partial charge is 0.293 e. The minimum atomic E-state index is -0.314. The van der Waals surface area contributed by atoms with Crippen LogP contribution in [0.3, 0.4) is 0 Å². The molecule has 2 saturated heterocycles. The van der Waals surface area contributed by atoms with Gasteiger partial charge in [-0.05, 0) is 68.0 Å². The fourth-order valence-corrected chi connectivity index (χ4v) is 4.12. The summed E-state index contributed by atoms with van der Waals surface area (Å²) in [5.74, 6) is -0.577. The molecule has 5 nitrogen and oxygen atoms in total. The lowest BCUT2D eigenvalue weighted by atomic mass is 10.2. The molecule has 0 unspecified atom stereocenters. The Hall–Kier alpha value is -2.25. The molecule has 2 aliphatic rings. The number of likely N-dealkylation sites (tertiary alicyclic amines) is 1. The maximum absolute atomic E-state index is 13.3. The highest BCUT2D eigenvalue weighted by Gasteiger charge is 2.35. The van der Waals surface area contributed by atoms with Crippen LogP contribution in [-0.2, 0) is 4.79 Å². The molecule has 0 spiro atoms. The van der Waals surface area contributed by atoms with Crippen LogP contribution in [0.15, 0.2) is 35.2 Å². The molecule has 1 aromatic heterocycles. The third-order valence-electron chi connectivity index (χ3n) is 4.66. The number of carbonyl (C=O) groups excluding carboxylic acids is 2. The average molecular weight is 371 g/mol. The highest BCUT2D eigenvalue weighted by Crippen LogP contribution is 2.32. The second kappa shape index (κ2) is 7.17. The minimum absolute atomic E-state index is 0.233. The second-order valence-corrected chi connectivity index (χ2v) is 7.45. The first-order valence-corrected chi connectivity index (χ1v) is 9.46. The van der Waals surface area contributed by atoms with Crippen molar-refractivity contribution in [1.29, 1.82) is 0 Å². The van der Waals surface area contributed by atoms with Crippen molar-refractivity contribution in [2.24, 2.45) is 0 Å². The molecule has 2 aromatic rings. The number of rotatable bonds is 4. The van der Waals surface area contributed by atoms with Gasteiger partial charge in [-0.1, -0.05) is 6.07 Å². The Balaban J connectivity index is 1.51. The first-order valence-electron chi connectivity index (χ1n) is 8.64. The molecule has 7 heteroatoms. The number of imide groups is 1. The molecule has 2 aliphatic heterocycles. The lowest BCUT2D eigenvalue weighted by Crippen LogP contribution is -2.36. The van der Waals surface area contributed by atoms with E-state index >= 15 is 0 Å². The molecule has 134 valence electrons. The number of fused-ring (bicyclic) bond motifs is 1. The number of hydrogen-bond donors (Lipinski definition) is 0. The summed E-state index contributed by atoms with van der Waals surface area (Å²) in [4.78, 5) is 33.1. The van der Waals surface area contributed by atoms with Crippen molar-refractivity contribution in [3.05, 3.63) is 46.7 Å². The molecule has 4 rings (SSSR count). The second-order valence-electron chi connectivity index (χ2n) is 6.46. The molecular weight excluding hydrogens is 353 g/mol. The van der Waals surface area contributed by atoms with E-state index in [9.17, 15) is 14.0 Å². The molecule has 2 fully saturated rings. The molecule has 0 aliphatic carbocycles. The molecule has 3 heterocycles. The van der Waals surface area contributed by atoms with Gasteiger partial charge >= 0.3 is 0 Å². The van der Waals surface area contributed by atoms with E-state index in [0.29, 0.717) is 28.0 Å². The monoisotopic (exact) mass is 371 g/mol. The zero-order valence-corrected chi connectivity index (χ0v) is 15.0. The van der Waals surface area contributed by atoms with E-state index in [0.717, 1.165) is 31.4 Å². The van der Waals surface area contributed by atoms with E-state index in [1.54, 1.807) is 24.3 Å². The van der Waals surface area contributed by atoms with Gasteiger partial charge in [-0.25, -0.2) is 9.37 Å². The summed E-state index contributed by atoms with van der Waals surface area (Å²) in [6.07, 6.45) is 3.99. The summed E-state index contributed by atoms with van der Waals surface area (Å²) in [6, 6.07) is 7.85. The van der Waals surface area contributed by atoms with Crippen molar-refractivity contribution in [3.8, 4) is 0 Å². The number of benzene rings is 1. The molecule has 0 bridgehead atoms. The molecule has 0 N–H and O–H groups in total. The molecule has 2 amide bonds. The predicted molar refractivity (Wildman–Crippen MR) is 100 cm³/mol. The van der Waals surface area contributed by atoms with Gasteiger partial charge in [0.15, 0.2) is 0 Å². The van der Waals surface area contributed by atoms with Crippen molar-refractivity contribution in [2.45, 2.75) is 12.8 Å². The van der Waals surface area contributed by atoms with Gasteiger partial charge < -0.3 is 4.90 Å². The highest BCUT2D eigenvalue weighted by atomic mass is 32.2. The highest BCUT2D eigenvalue weighted by molar-refractivity contribution is 8.18. The van der Waals surface area contributed by atoms with Crippen LogP contribution in [0.4, 0.5) is 9.18 Å². The first-order chi connectivity index (χ1) is 12.6. The van der Waals surface area contributed by atoms with Gasteiger partial charge in [-0.3, -0.25) is 14.5 Å².